The van der Waals surface area contributed by atoms with Crippen molar-refractivity contribution in [3.05, 3.63) is 0 Å². The number of carbonyl (C=O) groups excluding carboxylic acids is 1. The number of hydrogen-bond acceptors (Lipinski definition) is 3. The molecule has 1 amide bonds. The third kappa shape index (κ3) is 3.96. The monoisotopic (exact) mass is 239 g/mol. The van der Waals surface area contributed by atoms with Gasteiger partial charge in [-0.3, -0.25) is 4.79 Å². The van der Waals surface area contributed by atoms with Crippen molar-refractivity contribution in [2.45, 2.75) is 51.1 Å². The molecule has 0 aromatic heterocycles. The minimum absolute atomic E-state index is 0.209. The van der Waals surface area contributed by atoms with Crippen LogP contribution in [0.15, 0.2) is 0 Å². The summed E-state index contributed by atoms with van der Waals surface area (Å²) in [5, 5.41) is 6.67. The standard InChI is InChI=1S/C13H25N3O/c1-2-16-8-3-4-11(7-9-16)15-12-5-6-13(17)14-10-12/h11-12,15H,2-10H2,1H3,(H,14,17). The van der Waals surface area contributed by atoms with Crippen LogP contribution < -0.4 is 10.6 Å². The normalized spacial score (nSPS) is 31.9. The van der Waals surface area contributed by atoms with Crippen LogP contribution in [0.3, 0.4) is 0 Å². The molecule has 2 aliphatic heterocycles. The maximum Gasteiger partial charge on any atom is 0.220 e. The van der Waals surface area contributed by atoms with Gasteiger partial charge in [0.15, 0.2) is 0 Å². The van der Waals surface area contributed by atoms with Crippen molar-refractivity contribution in [3.63, 3.8) is 0 Å². The molecule has 0 saturated carbocycles. The fourth-order valence-corrected chi connectivity index (χ4v) is 2.85. The molecular formula is C13H25N3O. The molecule has 0 aromatic rings. The van der Waals surface area contributed by atoms with E-state index in [-0.39, 0.29) is 5.91 Å². The average Bonchev–Trinajstić information content (AvgIpc) is 2.57. The summed E-state index contributed by atoms with van der Waals surface area (Å²) >= 11 is 0. The zero-order valence-electron chi connectivity index (χ0n) is 10.9. The van der Waals surface area contributed by atoms with E-state index in [2.05, 4.69) is 22.5 Å². The first-order valence-electron chi connectivity index (χ1n) is 7.03. The molecule has 0 spiro atoms. The minimum Gasteiger partial charge on any atom is -0.355 e. The van der Waals surface area contributed by atoms with Crippen LogP contribution in [0.5, 0.6) is 0 Å². The molecule has 2 rings (SSSR count). The Morgan fingerprint density at radius 2 is 2.18 bits per heavy atom. The number of piperidine rings is 1. The lowest BCUT2D eigenvalue weighted by Gasteiger charge is -2.28. The molecule has 2 heterocycles. The van der Waals surface area contributed by atoms with Gasteiger partial charge in [-0.2, -0.15) is 0 Å². The van der Waals surface area contributed by atoms with Crippen molar-refractivity contribution >= 4 is 5.91 Å². The van der Waals surface area contributed by atoms with Crippen LogP contribution in [0.1, 0.15) is 39.0 Å². The van der Waals surface area contributed by atoms with Gasteiger partial charge in [0.05, 0.1) is 0 Å². The molecule has 0 aromatic carbocycles. The predicted octanol–water partition coefficient (Wildman–Crippen LogP) is 0.729. The number of amides is 1. The van der Waals surface area contributed by atoms with Gasteiger partial charge in [-0.15, -0.1) is 0 Å². The van der Waals surface area contributed by atoms with Crippen LogP contribution in [-0.2, 0) is 4.79 Å². The van der Waals surface area contributed by atoms with E-state index in [0.717, 1.165) is 13.0 Å². The van der Waals surface area contributed by atoms with Crippen molar-refractivity contribution in [2.24, 2.45) is 0 Å². The maximum atomic E-state index is 11.1. The second-order valence-electron chi connectivity index (χ2n) is 5.27. The Hall–Kier alpha value is -0.610. The van der Waals surface area contributed by atoms with E-state index >= 15 is 0 Å². The zero-order chi connectivity index (χ0) is 12.1. The van der Waals surface area contributed by atoms with Gasteiger partial charge in [0.25, 0.3) is 0 Å². The zero-order valence-corrected chi connectivity index (χ0v) is 10.9. The van der Waals surface area contributed by atoms with Gasteiger partial charge in [0, 0.05) is 25.0 Å². The molecule has 2 atom stereocenters. The van der Waals surface area contributed by atoms with Gasteiger partial charge in [-0.25, -0.2) is 0 Å². The van der Waals surface area contributed by atoms with Crippen molar-refractivity contribution in [1.29, 1.82) is 0 Å². The van der Waals surface area contributed by atoms with E-state index in [4.69, 9.17) is 0 Å². The molecule has 2 fully saturated rings. The second-order valence-corrected chi connectivity index (χ2v) is 5.27. The summed E-state index contributed by atoms with van der Waals surface area (Å²) < 4.78 is 0. The van der Waals surface area contributed by atoms with E-state index in [1.54, 1.807) is 0 Å². The van der Waals surface area contributed by atoms with Crippen molar-refractivity contribution in [1.82, 2.24) is 15.5 Å². The second kappa shape index (κ2) is 6.36. The van der Waals surface area contributed by atoms with Crippen LogP contribution in [0.25, 0.3) is 0 Å². The smallest absolute Gasteiger partial charge is 0.220 e. The van der Waals surface area contributed by atoms with Crippen LogP contribution in [0, 0.1) is 0 Å². The predicted molar refractivity (Wildman–Crippen MR) is 68.9 cm³/mol. The number of nitrogens with one attached hydrogen (secondary N) is 2. The Bertz CT molecular complexity index is 247. The minimum atomic E-state index is 0.209. The van der Waals surface area contributed by atoms with Gasteiger partial charge in [-0.05, 0) is 45.3 Å². The highest BCUT2D eigenvalue weighted by Gasteiger charge is 2.22. The largest absolute Gasteiger partial charge is 0.355 e. The summed E-state index contributed by atoms with van der Waals surface area (Å²) in [4.78, 5) is 13.6. The SMILES string of the molecule is CCN1CCCC(NC2CCC(=O)NC2)CC1. The number of carbonyl (C=O) groups is 1. The number of hydrogen-bond donors (Lipinski definition) is 2. The van der Waals surface area contributed by atoms with E-state index in [9.17, 15) is 4.79 Å². The van der Waals surface area contributed by atoms with E-state index in [1.165, 1.54) is 38.9 Å². The molecule has 4 nitrogen and oxygen atoms in total. The lowest BCUT2D eigenvalue weighted by Crippen LogP contribution is -2.49. The number of rotatable bonds is 3. The summed E-state index contributed by atoms with van der Waals surface area (Å²) in [6.45, 7) is 6.69. The molecule has 2 saturated heterocycles. The number of likely N-dealkylation sites (tertiary alicyclic amines) is 1. The van der Waals surface area contributed by atoms with Crippen LogP contribution in [0.4, 0.5) is 0 Å². The van der Waals surface area contributed by atoms with Gasteiger partial charge >= 0.3 is 0 Å². The maximum absolute atomic E-state index is 11.1. The fourth-order valence-electron chi connectivity index (χ4n) is 2.85. The fraction of sp³-hybridized carbons (Fsp3) is 0.923. The lowest BCUT2D eigenvalue weighted by molar-refractivity contribution is -0.122. The van der Waals surface area contributed by atoms with Crippen LogP contribution >= 0.6 is 0 Å². The molecule has 2 aliphatic rings. The summed E-state index contributed by atoms with van der Waals surface area (Å²) in [7, 11) is 0. The molecule has 2 unspecified atom stereocenters. The Morgan fingerprint density at radius 1 is 1.29 bits per heavy atom. The highest BCUT2D eigenvalue weighted by Crippen LogP contribution is 2.13. The van der Waals surface area contributed by atoms with E-state index in [1.807, 2.05) is 0 Å². The van der Waals surface area contributed by atoms with Crippen molar-refractivity contribution in [2.75, 3.05) is 26.2 Å². The Balaban J connectivity index is 1.73. The van der Waals surface area contributed by atoms with Gasteiger partial charge in [-0.1, -0.05) is 6.92 Å². The van der Waals surface area contributed by atoms with Gasteiger partial charge in [0.2, 0.25) is 5.91 Å². The molecule has 0 radical (unpaired) electrons. The first-order valence-corrected chi connectivity index (χ1v) is 7.03. The van der Waals surface area contributed by atoms with Crippen molar-refractivity contribution in [3.8, 4) is 0 Å². The third-order valence-electron chi connectivity index (χ3n) is 4.00. The molecule has 98 valence electrons. The van der Waals surface area contributed by atoms with E-state index in [0.29, 0.717) is 18.5 Å². The summed E-state index contributed by atoms with van der Waals surface area (Å²) in [6, 6.07) is 1.14. The highest BCUT2D eigenvalue weighted by molar-refractivity contribution is 5.76. The van der Waals surface area contributed by atoms with Gasteiger partial charge < -0.3 is 15.5 Å². The van der Waals surface area contributed by atoms with E-state index < -0.39 is 0 Å². The average molecular weight is 239 g/mol. The highest BCUT2D eigenvalue weighted by atomic mass is 16.1. The Kier molecular flexibility index (Phi) is 4.80. The molecule has 0 bridgehead atoms. The lowest BCUT2D eigenvalue weighted by atomic mass is 10.0. The van der Waals surface area contributed by atoms with Gasteiger partial charge in [0.1, 0.15) is 0 Å². The van der Waals surface area contributed by atoms with Crippen molar-refractivity contribution < 1.29 is 4.79 Å². The van der Waals surface area contributed by atoms with Crippen LogP contribution in [-0.4, -0.2) is 49.1 Å². The quantitative estimate of drug-likeness (QED) is 0.763. The molecular weight excluding hydrogens is 214 g/mol. The topological polar surface area (TPSA) is 44.4 Å². The Labute approximate surface area is 104 Å². The summed E-state index contributed by atoms with van der Waals surface area (Å²) in [5.74, 6) is 0.209. The third-order valence-corrected chi connectivity index (χ3v) is 4.00. The summed E-state index contributed by atoms with van der Waals surface area (Å²) in [6.07, 6.45) is 5.51. The number of nitrogens with zero attached hydrogens (tertiary/aromatic N) is 1. The molecule has 0 aliphatic carbocycles. The molecule has 2 N–H and O–H groups in total. The molecule has 17 heavy (non-hydrogen) atoms. The molecule has 4 heteroatoms. The first-order chi connectivity index (χ1) is 8.28. The van der Waals surface area contributed by atoms with Crippen LogP contribution in [0.2, 0.25) is 0 Å². The summed E-state index contributed by atoms with van der Waals surface area (Å²) in [5.41, 5.74) is 0. The first kappa shape index (κ1) is 12.8. The Morgan fingerprint density at radius 3 is 2.88 bits per heavy atom.